The van der Waals surface area contributed by atoms with E-state index in [0.717, 1.165) is 29.4 Å². The molecule has 0 amide bonds. The Morgan fingerprint density at radius 2 is 1.55 bits per heavy atom. The molecule has 3 aromatic rings. The summed E-state index contributed by atoms with van der Waals surface area (Å²) in [4.78, 5) is 2.59. The molecular formula is C23H26N2O3S. The highest BCUT2D eigenvalue weighted by atomic mass is 32.2. The van der Waals surface area contributed by atoms with Crippen LogP contribution >= 0.6 is 0 Å². The average Bonchev–Trinajstić information content (AvgIpc) is 2.75. The number of hydrogen-bond donors (Lipinski definition) is 1. The van der Waals surface area contributed by atoms with Crippen molar-refractivity contribution < 1.29 is 13.2 Å². The number of fused-ring (bicyclic) bond motifs is 1. The Kier molecular flexibility index (Phi) is 5.96. The van der Waals surface area contributed by atoms with Crippen LogP contribution in [0.1, 0.15) is 18.5 Å². The summed E-state index contributed by atoms with van der Waals surface area (Å²) >= 11 is 0. The van der Waals surface area contributed by atoms with Crippen LogP contribution in [-0.4, -0.2) is 45.7 Å². The molecule has 1 heterocycles. The van der Waals surface area contributed by atoms with E-state index in [0.29, 0.717) is 13.2 Å². The SMILES string of the molecule is C[C@H](NS(=O)(=O)c1ccc2ccccc2c1)[C@@H](c1ccccc1)N1CCOCC1. The first kappa shape index (κ1) is 20.0. The monoisotopic (exact) mass is 410 g/mol. The van der Waals surface area contributed by atoms with E-state index in [4.69, 9.17) is 4.74 Å². The van der Waals surface area contributed by atoms with Crippen molar-refractivity contribution in [3.8, 4) is 0 Å². The Hall–Kier alpha value is -2.25. The van der Waals surface area contributed by atoms with Crippen LogP contribution in [0, 0.1) is 0 Å². The molecule has 3 aromatic carbocycles. The van der Waals surface area contributed by atoms with Crippen LogP contribution in [0.5, 0.6) is 0 Å². The van der Waals surface area contributed by atoms with Crippen molar-refractivity contribution >= 4 is 20.8 Å². The number of rotatable bonds is 6. The number of nitrogens with one attached hydrogen (secondary N) is 1. The minimum atomic E-state index is -3.65. The first-order valence-electron chi connectivity index (χ1n) is 9.92. The topological polar surface area (TPSA) is 58.6 Å². The van der Waals surface area contributed by atoms with Crippen LogP contribution in [0.2, 0.25) is 0 Å². The molecule has 1 saturated heterocycles. The van der Waals surface area contributed by atoms with E-state index >= 15 is 0 Å². The maximum Gasteiger partial charge on any atom is 0.240 e. The lowest BCUT2D eigenvalue weighted by Gasteiger charge is -2.38. The second kappa shape index (κ2) is 8.63. The van der Waals surface area contributed by atoms with Crippen molar-refractivity contribution in [2.24, 2.45) is 0 Å². The summed E-state index contributed by atoms with van der Waals surface area (Å²) in [6, 6.07) is 22.7. The van der Waals surface area contributed by atoms with Crippen molar-refractivity contribution in [1.82, 2.24) is 9.62 Å². The van der Waals surface area contributed by atoms with Crippen LogP contribution in [0.4, 0.5) is 0 Å². The minimum absolute atomic E-state index is 0.0599. The second-order valence-electron chi connectivity index (χ2n) is 7.42. The molecule has 0 bridgehead atoms. The van der Waals surface area contributed by atoms with Gasteiger partial charge in [0, 0.05) is 19.1 Å². The summed E-state index contributed by atoms with van der Waals surface area (Å²) in [5.41, 5.74) is 1.10. The third kappa shape index (κ3) is 4.51. The predicted octanol–water partition coefficient (Wildman–Crippen LogP) is 3.58. The van der Waals surface area contributed by atoms with E-state index < -0.39 is 10.0 Å². The standard InChI is InChI=1S/C23H26N2O3S/c1-18(23(20-8-3-2-4-9-20)25-13-15-28-16-14-25)24-29(26,27)22-12-11-19-7-5-6-10-21(19)17-22/h2-12,17-18,23-24H,13-16H2,1H3/t18-,23-/m0/s1. The van der Waals surface area contributed by atoms with Crippen molar-refractivity contribution in [3.63, 3.8) is 0 Å². The fourth-order valence-electron chi connectivity index (χ4n) is 4.03. The number of sulfonamides is 1. The Balaban J connectivity index is 1.62. The molecule has 1 N–H and O–H groups in total. The highest BCUT2D eigenvalue weighted by Crippen LogP contribution is 2.27. The zero-order valence-corrected chi connectivity index (χ0v) is 17.3. The summed E-state index contributed by atoms with van der Waals surface area (Å²) < 4.78 is 34.7. The molecule has 0 radical (unpaired) electrons. The molecule has 152 valence electrons. The van der Waals surface area contributed by atoms with Crippen LogP contribution in [0.25, 0.3) is 10.8 Å². The van der Waals surface area contributed by atoms with E-state index in [1.54, 1.807) is 12.1 Å². The van der Waals surface area contributed by atoms with Crippen molar-refractivity contribution in [3.05, 3.63) is 78.4 Å². The highest BCUT2D eigenvalue weighted by molar-refractivity contribution is 7.89. The maximum absolute atomic E-state index is 13.2. The lowest BCUT2D eigenvalue weighted by Crippen LogP contribution is -2.48. The normalized spacial score (nSPS) is 17.8. The number of ether oxygens (including phenoxy) is 1. The number of benzene rings is 3. The second-order valence-corrected chi connectivity index (χ2v) is 9.14. The summed E-state index contributed by atoms with van der Waals surface area (Å²) in [6.07, 6.45) is 0. The largest absolute Gasteiger partial charge is 0.379 e. The summed E-state index contributed by atoms with van der Waals surface area (Å²) in [5, 5.41) is 1.94. The molecule has 0 aliphatic carbocycles. The van der Waals surface area contributed by atoms with Gasteiger partial charge in [0.2, 0.25) is 10.0 Å². The Morgan fingerprint density at radius 3 is 2.28 bits per heavy atom. The molecule has 4 rings (SSSR count). The Labute approximate surface area is 172 Å². The van der Waals surface area contributed by atoms with Crippen LogP contribution in [-0.2, 0) is 14.8 Å². The van der Waals surface area contributed by atoms with Gasteiger partial charge in [0.1, 0.15) is 0 Å². The van der Waals surface area contributed by atoms with Gasteiger partial charge in [-0.25, -0.2) is 13.1 Å². The molecular weight excluding hydrogens is 384 g/mol. The van der Waals surface area contributed by atoms with Crippen LogP contribution in [0.3, 0.4) is 0 Å². The molecule has 2 atom stereocenters. The van der Waals surface area contributed by atoms with Gasteiger partial charge < -0.3 is 4.74 Å². The fourth-order valence-corrected chi connectivity index (χ4v) is 5.32. The summed E-state index contributed by atoms with van der Waals surface area (Å²) in [7, 11) is -3.65. The molecule has 1 aliphatic heterocycles. The lowest BCUT2D eigenvalue weighted by atomic mass is 9.99. The minimum Gasteiger partial charge on any atom is -0.379 e. The van der Waals surface area contributed by atoms with Crippen LogP contribution < -0.4 is 4.72 Å². The number of nitrogens with zero attached hydrogens (tertiary/aromatic N) is 1. The fraction of sp³-hybridized carbons (Fsp3) is 0.304. The van der Waals surface area contributed by atoms with Crippen molar-refractivity contribution in [1.29, 1.82) is 0 Å². The van der Waals surface area contributed by atoms with E-state index in [1.165, 1.54) is 0 Å². The quantitative estimate of drug-likeness (QED) is 0.675. The summed E-state index contributed by atoms with van der Waals surface area (Å²) in [6.45, 7) is 4.82. The van der Waals surface area contributed by atoms with Gasteiger partial charge in [-0.15, -0.1) is 0 Å². The Morgan fingerprint density at radius 1 is 0.897 bits per heavy atom. The zero-order valence-electron chi connectivity index (χ0n) is 16.5. The van der Waals surface area contributed by atoms with Gasteiger partial charge in [-0.2, -0.15) is 0 Å². The number of hydrogen-bond acceptors (Lipinski definition) is 4. The number of morpholine rings is 1. The molecule has 6 heteroatoms. The van der Waals surface area contributed by atoms with Gasteiger partial charge in [-0.3, -0.25) is 4.90 Å². The lowest BCUT2D eigenvalue weighted by molar-refractivity contribution is 0.0105. The van der Waals surface area contributed by atoms with E-state index in [9.17, 15) is 8.42 Å². The van der Waals surface area contributed by atoms with Gasteiger partial charge in [-0.05, 0) is 35.4 Å². The van der Waals surface area contributed by atoms with Gasteiger partial charge in [-0.1, -0.05) is 60.7 Å². The van der Waals surface area contributed by atoms with E-state index in [2.05, 4.69) is 21.8 Å². The van der Waals surface area contributed by atoms with Gasteiger partial charge >= 0.3 is 0 Å². The van der Waals surface area contributed by atoms with E-state index in [-0.39, 0.29) is 17.0 Å². The molecule has 1 fully saturated rings. The third-order valence-corrected chi connectivity index (χ3v) is 6.98. The third-order valence-electron chi connectivity index (χ3n) is 5.43. The molecule has 0 spiro atoms. The smallest absolute Gasteiger partial charge is 0.240 e. The molecule has 1 aliphatic rings. The molecule has 0 saturated carbocycles. The predicted molar refractivity (Wildman–Crippen MR) is 115 cm³/mol. The molecule has 29 heavy (non-hydrogen) atoms. The summed E-state index contributed by atoms with van der Waals surface area (Å²) in [5.74, 6) is 0. The average molecular weight is 411 g/mol. The van der Waals surface area contributed by atoms with Crippen molar-refractivity contribution in [2.75, 3.05) is 26.3 Å². The first-order valence-corrected chi connectivity index (χ1v) is 11.4. The van der Waals surface area contributed by atoms with Crippen molar-refractivity contribution in [2.45, 2.75) is 23.9 Å². The van der Waals surface area contributed by atoms with Gasteiger partial charge in [0.05, 0.1) is 24.2 Å². The van der Waals surface area contributed by atoms with E-state index in [1.807, 2.05) is 55.5 Å². The van der Waals surface area contributed by atoms with Gasteiger partial charge in [0.25, 0.3) is 0 Å². The molecule has 0 unspecified atom stereocenters. The highest BCUT2D eigenvalue weighted by Gasteiger charge is 2.30. The molecule has 5 nitrogen and oxygen atoms in total. The maximum atomic E-state index is 13.2. The van der Waals surface area contributed by atoms with Gasteiger partial charge in [0.15, 0.2) is 0 Å². The zero-order chi connectivity index (χ0) is 20.3. The first-order chi connectivity index (χ1) is 14.0. The van der Waals surface area contributed by atoms with Crippen LogP contribution in [0.15, 0.2) is 77.7 Å². The Bertz CT molecular complexity index is 1060. The molecule has 0 aromatic heterocycles.